The van der Waals surface area contributed by atoms with E-state index in [0.717, 1.165) is 34.2 Å². The molecule has 1 amide bonds. The molecule has 0 bridgehead atoms. The highest BCUT2D eigenvalue weighted by atomic mass is 79.9. The molecule has 6 heteroatoms. The Morgan fingerprint density at radius 1 is 1.33 bits per heavy atom. The average molecular weight is 371 g/mol. The molecule has 2 aromatic rings. The molecule has 0 saturated carbocycles. The van der Waals surface area contributed by atoms with Crippen molar-refractivity contribution in [2.45, 2.75) is 19.8 Å². The van der Waals surface area contributed by atoms with Crippen LogP contribution in [0, 0.1) is 0 Å². The second kappa shape index (κ2) is 7.61. The molecule has 1 heterocycles. The number of nitrogens with one attached hydrogen (secondary N) is 2. The van der Waals surface area contributed by atoms with Gasteiger partial charge in [-0.05, 0) is 30.7 Å². The highest BCUT2D eigenvalue weighted by Gasteiger charge is 2.05. The molecular formula is C15H17BrClN3O. The van der Waals surface area contributed by atoms with Crippen molar-refractivity contribution >= 4 is 50.2 Å². The predicted molar refractivity (Wildman–Crippen MR) is 90.9 cm³/mol. The lowest BCUT2D eigenvalue weighted by molar-refractivity contribution is -0.120. The second-order valence-corrected chi connectivity index (χ2v) is 6.01. The lowest BCUT2D eigenvalue weighted by Gasteiger charge is -2.08. The topological polar surface area (TPSA) is 54.0 Å². The molecule has 0 aliphatic heterocycles. The number of rotatable bonds is 6. The third-order valence-corrected chi connectivity index (χ3v) is 3.69. The Kier molecular flexibility index (Phi) is 5.82. The zero-order chi connectivity index (χ0) is 15.2. The van der Waals surface area contributed by atoms with E-state index in [-0.39, 0.29) is 5.91 Å². The molecule has 0 aliphatic rings. The van der Waals surface area contributed by atoms with E-state index >= 15 is 0 Å². The first kappa shape index (κ1) is 16.0. The first-order chi connectivity index (χ1) is 10.1. The number of hydrogen-bond acceptors (Lipinski definition) is 3. The minimum Gasteiger partial charge on any atom is -0.370 e. The normalized spacial score (nSPS) is 10.6. The van der Waals surface area contributed by atoms with Crippen molar-refractivity contribution in [2.75, 3.05) is 18.4 Å². The van der Waals surface area contributed by atoms with E-state index in [1.165, 1.54) is 0 Å². The fourth-order valence-electron chi connectivity index (χ4n) is 1.91. The van der Waals surface area contributed by atoms with Crippen molar-refractivity contribution in [2.24, 2.45) is 0 Å². The van der Waals surface area contributed by atoms with Crippen LogP contribution < -0.4 is 10.6 Å². The maximum absolute atomic E-state index is 11.5. The summed E-state index contributed by atoms with van der Waals surface area (Å²) in [6, 6.07) is 7.63. The Morgan fingerprint density at radius 3 is 2.90 bits per heavy atom. The summed E-state index contributed by atoms with van der Waals surface area (Å²) in [6.45, 7) is 3.29. The van der Waals surface area contributed by atoms with Gasteiger partial charge in [0.2, 0.25) is 5.91 Å². The summed E-state index contributed by atoms with van der Waals surface area (Å²) < 4.78 is 0.926. The van der Waals surface area contributed by atoms with Gasteiger partial charge in [-0.3, -0.25) is 4.79 Å². The Morgan fingerprint density at radius 2 is 2.14 bits per heavy atom. The number of pyridine rings is 1. The van der Waals surface area contributed by atoms with E-state index < -0.39 is 0 Å². The fourth-order valence-corrected chi connectivity index (χ4v) is 2.79. The van der Waals surface area contributed by atoms with Crippen LogP contribution in [0.1, 0.15) is 19.8 Å². The van der Waals surface area contributed by atoms with E-state index in [9.17, 15) is 4.79 Å². The van der Waals surface area contributed by atoms with E-state index in [2.05, 4.69) is 31.5 Å². The summed E-state index contributed by atoms with van der Waals surface area (Å²) in [4.78, 5) is 16.0. The number of aromatic nitrogens is 1. The number of carbonyl (C=O) groups is 1. The van der Waals surface area contributed by atoms with Crippen LogP contribution in [0.2, 0.25) is 5.02 Å². The minimum absolute atomic E-state index is 0.0482. The third-order valence-electron chi connectivity index (χ3n) is 2.94. The number of fused-ring (bicyclic) bond motifs is 1. The van der Waals surface area contributed by atoms with Crippen LogP contribution in [-0.4, -0.2) is 24.0 Å². The molecule has 1 aromatic carbocycles. The highest BCUT2D eigenvalue weighted by Crippen LogP contribution is 2.27. The molecule has 1 aromatic heterocycles. The first-order valence-electron chi connectivity index (χ1n) is 6.86. The van der Waals surface area contributed by atoms with Gasteiger partial charge >= 0.3 is 0 Å². The molecule has 0 saturated heterocycles. The van der Waals surface area contributed by atoms with Crippen molar-refractivity contribution in [3.63, 3.8) is 0 Å². The lowest BCUT2D eigenvalue weighted by atomic mass is 10.2. The molecule has 0 radical (unpaired) electrons. The molecular weight excluding hydrogens is 354 g/mol. The fraction of sp³-hybridized carbons (Fsp3) is 0.333. The predicted octanol–water partition coefficient (Wildman–Crippen LogP) is 3.98. The van der Waals surface area contributed by atoms with Gasteiger partial charge in [-0.15, -0.1) is 0 Å². The first-order valence-corrected chi connectivity index (χ1v) is 8.03. The second-order valence-electron chi connectivity index (χ2n) is 4.68. The Labute approximate surface area is 137 Å². The number of benzene rings is 1. The van der Waals surface area contributed by atoms with Crippen LogP contribution in [0.3, 0.4) is 0 Å². The van der Waals surface area contributed by atoms with Gasteiger partial charge in [0.15, 0.2) is 0 Å². The number of hydrogen-bond donors (Lipinski definition) is 2. The van der Waals surface area contributed by atoms with Gasteiger partial charge in [0.25, 0.3) is 0 Å². The molecule has 4 nitrogen and oxygen atoms in total. The summed E-state index contributed by atoms with van der Waals surface area (Å²) >= 11 is 9.60. The molecule has 0 unspecified atom stereocenters. The zero-order valence-corrected chi connectivity index (χ0v) is 14.1. The Balaban J connectivity index is 1.98. The summed E-state index contributed by atoms with van der Waals surface area (Å²) in [5.74, 6) is 0.766. The van der Waals surface area contributed by atoms with Crippen LogP contribution in [0.4, 0.5) is 5.82 Å². The smallest absolute Gasteiger partial charge is 0.221 e. The van der Waals surface area contributed by atoms with Crippen molar-refractivity contribution in [3.05, 3.63) is 33.8 Å². The number of halogens is 2. The zero-order valence-electron chi connectivity index (χ0n) is 11.7. The molecule has 21 heavy (non-hydrogen) atoms. The molecule has 0 spiro atoms. The van der Waals surface area contributed by atoms with E-state index in [4.69, 9.17) is 11.6 Å². The maximum atomic E-state index is 11.5. The molecule has 2 rings (SSSR count). The summed E-state index contributed by atoms with van der Waals surface area (Å²) in [7, 11) is 0. The van der Waals surface area contributed by atoms with E-state index in [1.807, 2.05) is 31.2 Å². The van der Waals surface area contributed by atoms with Gasteiger partial charge in [-0.25, -0.2) is 4.98 Å². The van der Waals surface area contributed by atoms with Crippen molar-refractivity contribution < 1.29 is 4.79 Å². The number of nitrogens with zero attached hydrogens (tertiary/aromatic N) is 1. The van der Waals surface area contributed by atoms with Crippen LogP contribution >= 0.6 is 27.5 Å². The molecule has 112 valence electrons. The lowest BCUT2D eigenvalue weighted by Crippen LogP contribution is -2.25. The molecule has 2 N–H and O–H groups in total. The van der Waals surface area contributed by atoms with Gasteiger partial charge in [0.1, 0.15) is 5.82 Å². The standard InChI is InChI=1S/C15H17BrClN3O/c1-2-6-19-14(21)5-7-18-13-4-3-10-8-11(16)9-12(17)15(10)20-13/h3-4,8-9H,2,5-7H2,1H3,(H,18,20)(H,19,21). The van der Waals surface area contributed by atoms with Gasteiger partial charge in [0.05, 0.1) is 10.5 Å². The quantitative estimate of drug-likeness (QED) is 0.808. The summed E-state index contributed by atoms with van der Waals surface area (Å²) in [6.07, 6.45) is 1.37. The molecule has 0 atom stereocenters. The molecule has 0 fully saturated rings. The van der Waals surface area contributed by atoms with Crippen molar-refractivity contribution in [1.29, 1.82) is 0 Å². The Hall–Kier alpha value is -1.33. The number of carbonyl (C=O) groups excluding carboxylic acids is 1. The van der Waals surface area contributed by atoms with Gasteiger partial charge in [-0.1, -0.05) is 34.5 Å². The van der Waals surface area contributed by atoms with Crippen molar-refractivity contribution in [3.8, 4) is 0 Å². The summed E-state index contributed by atoms with van der Waals surface area (Å²) in [5, 5.41) is 7.56. The highest BCUT2D eigenvalue weighted by molar-refractivity contribution is 9.10. The van der Waals surface area contributed by atoms with Gasteiger partial charge in [0, 0.05) is 29.4 Å². The number of amides is 1. The minimum atomic E-state index is 0.0482. The van der Waals surface area contributed by atoms with E-state index in [0.29, 0.717) is 18.0 Å². The van der Waals surface area contributed by atoms with E-state index in [1.54, 1.807) is 0 Å². The van der Waals surface area contributed by atoms with Crippen LogP contribution in [0.25, 0.3) is 10.9 Å². The number of anilines is 1. The van der Waals surface area contributed by atoms with Gasteiger partial charge in [-0.2, -0.15) is 0 Å². The average Bonchev–Trinajstić information content (AvgIpc) is 2.45. The van der Waals surface area contributed by atoms with Crippen LogP contribution in [0.5, 0.6) is 0 Å². The maximum Gasteiger partial charge on any atom is 0.221 e. The van der Waals surface area contributed by atoms with Crippen LogP contribution in [0.15, 0.2) is 28.7 Å². The van der Waals surface area contributed by atoms with Gasteiger partial charge < -0.3 is 10.6 Å². The molecule has 0 aliphatic carbocycles. The van der Waals surface area contributed by atoms with Crippen LogP contribution in [-0.2, 0) is 4.79 Å². The Bertz CT molecular complexity index is 648. The monoisotopic (exact) mass is 369 g/mol. The third kappa shape index (κ3) is 4.58. The SMILES string of the molecule is CCCNC(=O)CCNc1ccc2cc(Br)cc(Cl)c2n1. The summed E-state index contributed by atoms with van der Waals surface area (Å²) in [5.41, 5.74) is 0.750. The largest absolute Gasteiger partial charge is 0.370 e. The van der Waals surface area contributed by atoms with Crippen molar-refractivity contribution in [1.82, 2.24) is 10.3 Å².